The first-order chi connectivity index (χ1) is 9.99. The molecular weight excluding hydrogens is 288 g/mol. The Morgan fingerprint density at radius 1 is 1.38 bits per heavy atom. The van der Waals surface area contributed by atoms with Crippen molar-refractivity contribution in [3.63, 3.8) is 0 Å². The Balaban J connectivity index is 2.84. The summed E-state index contributed by atoms with van der Waals surface area (Å²) in [5.41, 5.74) is 0.935. The summed E-state index contributed by atoms with van der Waals surface area (Å²) in [5.74, 6) is -0.253. The second kappa shape index (κ2) is 8.47. The van der Waals surface area contributed by atoms with Gasteiger partial charge in [0.1, 0.15) is 6.04 Å². The summed E-state index contributed by atoms with van der Waals surface area (Å²) < 4.78 is 0. The SMILES string of the molecule is C=CCNC(=O)[C@H](C)N(Cc1ccc(Cl)cc1)C(=O)CC. The lowest BCUT2D eigenvalue weighted by atomic mass is 10.1. The standard InChI is InChI=1S/C16H21ClN2O2/c1-4-10-18-16(21)12(3)19(15(20)5-2)11-13-6-8-14(17)9-7-13/h4,6-9,12H,1,5,10-11H2,2-3H3,(H,18,21)/t12-/m0/s1. The van der Waals surface area contributed by atoms with Crippen LogP contribution < -0.4 is 5.32 Å². The molecule has 0 unspecified atom stereocenters. The van der Waals surface area contributed by atoms with Gasteiger partial charge in [-0.25, -0.2) is 0 Å². The number of carbonyl (C=O) groups is 2. The van der Waals surface area contributed by atoms with Crippen LogP contribution in [0.2, 0.25) is 5.02 Å². The fourth-order valence-corrected chi connectivity index (χ4v) is 2.02. The monoisotopic (exact) mass is 308 g/mol. The Morgan fingerprint density at radius 2 is 2.00 bits per heavy atom. The third-order valence-electron chi connectivity index (χ3n) is 3.16. The maximum Gasteiger partial charge on any atom is 0.242 e. The average Bonchev–Trinajstić information content (AvgIpc) is 2.50. The Hall–Kier alpha value is -1.81. The van der Waals surface area contributed by atoms with E-state index in [0.717, 1.165) is 5.56 Å². The van der Waals surface area contributed by atoms with Crippen molar-refractivity contribution in [2.24, 2.45) is 0 Å². The first-order valence-corrected chi connectivity index (χ1v) is 7.29. The summed E-state index contributed by atoms with van der Waals surface area (Å²) in [7, 11) is 0. The van der Waals surface area contributed by atoms with Crippen LogP contribution in [0.15, 0.2) is 36.9 Å². The summed E-state index contributed by atoms with van der Waals surface area (Å²) in [6, 6.07) is 6.72. The molecular formula is C16H21ClN2O2. The van der Waals surface area contributed by atoms with E-state index in [0.29, 0.717) is 24.5 Å². The topological polar surface area (TPSA) is 49.4 Å². The van der Waals surface area contributed by atoms with Crippen LogP contribution in [0.4, 0.5) is 0 Å². The van der Waals surface area contributed by atoms with Crippen molar-refractivity contribution >= 4 is 23.4 Å². The van der Waals surface area contributed by atoms with Crippen LogP contribution in [-0.4, -0.2) is 29.3 Å². The van der Waals surface area contributed by atoms with E-state index in [-0.39, 0.29) is 11.8 Å². The summed E-state index contributed by atoms with van der Waals surface area (Å²) in [5, 5.41) is 3.36. The molecule has 0 aromatic heterocycles. The van der Waals surface area contributed by atoms with Crippen molar-refractivity contribution < 1.29 is 9.59 Å². The zero-order valence-corrected chi connectivity index (χ0v) is 13.2. The van der Waals surface area contributed by atoms with Crippen LogP contribution in [-0.2, 0) is 16.1 Å². The molecule has 5 heteroatoms. The summed E-state index contributed by atoms with van der Waals surface area (Å²) >= 11 is 5.85. The third kappa shape index (κ3) is 5.23. The van der Waals surface area contributed by atoms with Crippen LogP contribution in [0.1, 0.15) is 25.8 Å². The largest absolute Gasteiger partial charge is 0.351 e. The smallest absolute Gasteiger partial charge is 0.242 e. The van der Waals surface area contributed by atoms with Crippen LogP contribution in [0.5, 0.6) is 0 Å². The normalized spacial score (nSPS) is 11.6. The fraction of sp³-hybridized carbons (Fsp3) is 0.375. The number of hydrogen-bond donors (Lipinski definition) is 1. The maximum atomic E-state index is 12.1. The van der Waals surface area contributed by atoms with E-state index >= 15 is 0 Å². The number of benzene rings is 1. The Morgan fingerprint density at radius 3 is 2.52 bits per heavy atom. The molecule has 0 bridgehead atoms. The van der Waals surface area contributed by atoms with Crippen molar-refractivity contribution in [1.29, 1.82) is 0 Å². The molecule has 4 nitrogen and oxygen atoms in total. The zero-order chi connectivity index (χ0) is 15.8. The zero-order valence-electron chi connectivity index (χ0n) is 12.4. The Bertz CT molecular complexity index is 500. The van der Waals surface area contributed by atoms with Crippen molar-refractivity contribution in [3.8, 4) is 0 Å². The summed E-state index contributed by atoms with van der Waals surface area (Å²) in [6.45, 7) is 7.83. The van der Waals surface area contributed by atoms with Crippen LogP contribution in [0, 0.1) is 0 Å². The molecule has 0 aliphatic heterocycles. The molecule has 0 aliphatic carbocycles. The van der Waals surface area contributed by atoms with Crippen molar-refractivity contribution in [3.05, 3.63) is 47.5 Å². The van der Waals surface area contributed by atoms with Gasteiger partial charge in [0.05, 0.1) is 0 Å². The van der Waals surface area contributed by atoms with Gasteiger partial charge in [0, 0.05) is 24.5 Å². The lowest BCUT2D eigenvalue weighted by molar-refractivity contribution is -0.140. The van der Waals surface area contributed by atoms with Gasteiger partial charge in [-0.2, -0.15) is 0 Å². The lowest BCUT2D eigenvalue weighted by Crippen LogP contribution is -2.47. The summed E-state index contributed by atoms with van der Waals surface area (Å²) in [6.07, 6.45) is 1.96. The predicted octanol–water partition coefficient (Wildman–Crippen LogP) is 2.77. The molecule has 2 amide bonds. The van der Waals surface area contributed by atoms with E-state index in [1.54, 1.807) is 37.0 Å². The minimum Gasteiger partial charge on any atom is -0.351 e. The third-order valence-corrected chi connectivity index (χ3v) is 3.41. The van der Waals surface area contributed by atoms with Crippen molar-refractivity contribution in [1.82, 2.24) is 10.2 Å². The second-order valence-corrected chi connectivity index (χ2v) is 5.15. The first-order valence-electron chi connectivity index (χ1n) is 6.92. The Kier molecular flexibility index (Phi) is 6.96. The molecule has 21 heavy (non-hydrogen) atoms. The number of rotatable bonds is 7. The molecule has 1 aromatic rings. The maximum absolute atomic E-state index is 12.1. The van der Waals surface area contributed by atoms with Gasteiger partial charge >= 0.3 is 0 Å². The molecule has 114 valence electrons. The molecule has 0 heterocycles. The van der Waals surface area contributed by atoms with Gasteiger partial charge in [0.25, 0.3) is 0 Å². The first kappa shape index (κ1) is 17.2. The number of nitrogens with zero attached hydrogens (tertiary/aromatic N) is 1. The highest BCUT2D eigenvalue weighted by Gasteiger charge is 2.24. The molecule has 0 saturated carbocycles. The minimum atomic E-state index is -0.534. The van der Waals surface area contributed by atoms with Crippen LogP contribution >= 0.6 is 11.6 Å². The van der Waals surface area contributed by atoms with E-state index in [1.807, 2.05) is 12.1 Å². The van der Waals surface area contributed by atoms with Crippen molar-refractivity contribution in [2.75, 3.05) is 6.54 Å². The van der Waals surface area contributed by atoms with E-state index in [2.05, 4.69) is 11.9 Å². The number of nitrogens with one attached hydrogen (secondary N) is 1. The highest BCUT2D eigenvalue weighted by atomic mass is 35.5. The molecule has 1 atom stereocenters. The average molecular weight is 309 g/mol. The second-order valence-electron chi connectivity index (χ2n) is 4.71. The van der Waals surface area contributed by atoms with Gasteiger partial charge < -0.3 is 10.2 Å². The van der Waals surface area contributed by atoms with Crippen molar-refractivity contribution in [2.45, 2.75) is 32.9 Å². The molecule has 0 aliphatic rings. The van der Waals surface area contributed by atoms with E-state index in [1.165, 1.54) is 0 Å². The fourth-order valence-electron chi connectivity index (χ4n) is 1.89. The van der Waals surface area contributed by atoms with Gasteiger partial charge in [0.15, 0.2) is 0 Å². The number of hydrogen-bond acceptors (Lipinski definition) is 2. The summed E-state index contributed by atoms with van der Waals surface area (Å²) in [4.78, 5) is 25.7. The van der Waals surface area contributed by atoms with Crippen LogP contribution in [0.3, 0.4) is 0 Å². The predicted molar refractivity (Wildman–Crippen MR) is 85.0 cm³/mol. The van der Waals surface area contributed by atoms with Gasteiger partial charge in [-0.1, -0.05) is 36.7 Å². The van der Waals surface area contributed by atoms with E-state index < -0.39 is 6.04 Å². The van der Waals surface area contributed by atoms with E-state index in [4.69, 9.17) is 11.6 Å². The molecule has 1 aromatic carbocycles. The van der Waals surface area contributed by atoms with Gasteiger partial charge in [-0.05, 0) is 24.6 Å². The highest BCUT2D eigenvalue weighted by molar-refractivity contribution is 6.30. The number of carbonyl (C=O) groups excluding carboxylic acids is 2. The highest BCUT2D eigenvalue weighted by Crippen LogP contribution is 2.14. The lowest BCUT2D eigenvalue weighted by Gasteiger charge is -2.28. The van der Waals surface area contributed by atoms with Gasteiger partial charge in [-0.15, -0.1) is 6.58 Å². The molecule has 0 spiro atoms. The van der Waals surface area contributed by atoms with E-state index in [9.17, 15) is 9.59 Å². The van der Waals surface area contributed by atoms with Gasteiger partial charge in [-0.3, -0.25) is 9.59 Å². The molecule has 1 N–H and O–H groups in total. The van der Waals surface area contributed by atoms with Crippen LogP contribution in [0.25, 0.3) is 0 Å². The molecule has 1 rings (SSSR count). The minimum absolute atomic E-state index is 0.0637. The Labute approximate surface area is 130 Å². The molecule has 0 saturated heterocycles. The quantitative estimate of drug-likeness (QED) is 0.787. The molecule has 0 radical (unpaired) electrons. The van der Waals surface area contributed by atoms with Gasteiger partial charge in [0.2, 0.25) is 11.8 Å². The number of halogens is 1. The molecule has 0 fully saturated rings. The number of amides is 2.